The number of anilines is 5. The molecule has 0 spiro atoms. The van der Waals surface area contributed by atoms with E-state index in [0.717, 1.165) is 39.7 Å². The number of benzene rings is 3. The maximum atomic E-state index is 6.89. The average molecular weight is 399 g/mol. The van der Waals surface area contributed by atoms with Gasteiger partial charge >= 0.3 is 0 Å². The van der Waals surface area contributed by atoms with Gasteiger partial charge < -0.3 is 33.6 Å². The highest BCUT2D eigenvalue weighted by molar-refractivity contribution is 5.60. The molecular weight excluding hydrogens is 372 g/mol. The van der Waals surface area contributed by atoms with Gasteiger partial charge in [0.05, 0.1) is 5.54 Å². The second kappa shape index (κ2) is 7.85. The lowest BCUT2D eigenvalue weighted by molar-refractivity contribution is 0.546. The predicted octanol–water partition coefficient (Wildman–Crippen LogP) is 3.98. The monoisotopic (exact) mass is 398 g/mol. The van der Waals surface area contributed by atoms with Crippen molar-refractivity contribution in [2.75, 3.05) is 27.8 Å². The molecule has 1 unspecified atom stereocenters. The van der Waals surface area contributed by atoms with Crippen LogP contribution in [0.5, 0.6) is 0 Å². The summed E-state index contributed by atoms with van der Waals surface area (Å²) in [5, 5.41) is 6.90. The maximum Gasteiger partial charge on any atom is 0.0673 e. The van der Waals surface area contributed by atoms with E-state index in [0.29, 0.717) is 12.1 Å². The van der Waals surface area contributed by atoms with Gasteiger partial charge in [0.15, 0.2) is 0 Å². The van der Waals surface area contributed by atoms with Crippen molar-refractivity contribution in [3.63, 3.8) is 0 Å². The summed E-state index contributed by atoms with van der Waals surface area (Å²) in [6.07, 6.45) is 4.71. The molecule has 0 saturated carbocycles. The third kappa shape index (κ3) is 4.39. The van der Waals surface area contributed by atoms with Crippen LogP contribution in [0.4, 0.5) is 28.4 Å². The van der Waals surface area contributed by atoms with Crippen LogP contribution < -0.4 is 33.6 Å². The lowest BCUT2D eigenvalue weighted by Gasteiger charge is -2.33. The Labute approximate surface area is 176 Å². The minimum atomic E-state index is -0.700. The molecule has 4 rings (SSSR count). The van der Waals surface area contributed by atoms with Crippen molar-refractivity contribution in [2.24, 2.45) is 5.73 Å². The molecule has 10 N–H and O–H groups in total. The van der Waals surface area contributed by atoms with Gasteiger partial charge in [-0.3, -0.25) is 0 Å². The van der Waals surface area contributed by atoms with Gasteiger partial charge in [0.1, 0.15) is 0 Å². The van der Waals surface area contributed by atoms with Crippen molar-refractivity contribution in [3.05, 3.63) is 102 Å². The summed E-state index contributed by atoms with van der Waals surface area (Å²) in [5.74, 6) is 0. The van der Waals surface area contributed by atoms with Gasteiger partial charge in [0, 0.05) is 46.3 Å². The normalized spacial score (nSPS) is 18.3. The van der Waals surface area contributed by atoms with Crippen molar-refractivity contribution in [1.82, 2.24) is 0 Å². The zero-order valence-corrected chi connectivity index (χ0v) is 16.6. The lowest BCUT2D eigenvalue weighted by atomic mass is 9.82. The molecule has 30 heavy (non-hydrogen) atoms. The van der Waals surface area contributed by atoms with Crippen LogP contribution in [-0.4, -0.2) is 0 Å². The molecule has 3 aromatic rings. The summed E-state index contributed by atoms with van der Waals surface area (Å²) in [6, 6.07) is 22.9. The first-order valence-corrected chi connectivity index (χ1v) is 9.73. The standard InChI is InChI=1S/C24H26N6/c25-17-3-1-16(2-4-17)24(28)14-22(29-20-9-5-18(26)6-10-20)13-23(15-24)30-21-11-7-19(27)8-12-21/h1-14,29-30H,15,25-28H2. The van der Waals surface area contributed by atoms with Crippen molar-refractivity contribution in [2.45, 2.75) is 12.0 Å². The van der Waals surface area contributed by atoms with Crippen LogP contribution in [0.25, 0.3) is 0 Å². The fourth-order valence-corrected chi connectivity index (χ4v) is 3.54. The Morgan fingerprint density at radius 3 is 1.63 bits per heavy atom. The molecule has 0 fully saturated rings. The van der Waals surface area contributed by atoms with Gasteiger partial charge in [-0.2, -0.15) is 0 Å². The van der Waals surface area contributed by atoms with Crippen LogP contribution in [0, 0.1) is 0 Å². The molecule has 0 saturated heterocycles. The van der Waals surface area contributed by atoms with Crippen LogP contribution >= 0.6 is 0 Å². The quantitative estimate of drug-likeness (QED) is 0.361. The SMILES string of the molecule is Nc1ccc(NC2=CC(N)(c3ccc(N)cc3)CC(Nc3ccc(N)cc3)=C2)cc1. The largest absolute Gasteiger partial charge is 0.399 e. The highest BCUT2D eigenvalue weighted by Crippen LogP contribution is 2.34. The third-order valence-corrected chi connectivity index (χ3v) is 5.09. The molecule has 0 radical (unpaired) electrons. The summed E-state index contributed by atoms with van der Waals surface area (Å²) < 4.78 is 0. The number of hydrogen-bond acceptors (Lipinski definition) is 6. The molecule has 0 aliphatic heterocycles. The van der Waals surface area contributed by atoms with Gasteiger partial charge in [-0.15, -0.1) is 0 Å². The average Bonchev–Trinajstić information content (AvgIpc) is 2.71. The minimum absolute atomic E-state index is 0.605. The summed E-state index contributed by atoms with van der Waals surface area (Å²) in [4.78, 5) is 0. The molecule has 0 aromatic heterocycles. The second-order valence-corrected chi connectivity index (χ2v) is 7.60. The van der Waals surface area contributed by atoms with E-state index in [1.807, 2.05) is 78.9 Å². The molecule has 0 bridgehead atoms. The zero-order chi connectivity index (χ0) is 21.1. The molecule has 0 amide bonds. The molecule has 6 nitrogen and oxygen atoms in total. The Balaban J connectivity index is 1.67. The van der Waals surface area contributed by atoms with E-state index in [-0.39, 0.29) is 0 Å². The Bertz CT molecular complexity index is 1080. The molecule has 1 atom stereocenters. The van der Waals surface area contributed by atoms with Gasteiger partial charge in [-0.1, -0.05) is 12.1 Å². The summed E-state index contributed by atoms with van der Waals surface area (Å²) in [7, 11) is 0. The van der Waals surface area contributed by atoms with E-state index in [9.17, 15) is 0 Å². The van der Waals surface area contributed by atoms with Crippen LogP contribution in [0.1, 0.15) is 12.0 Å². The Morgan fingerprint density at radius 2 is 1.10 bits per heavy atom. The number of allylic oxidation sites excluding steroid dienone is 1. The van der Waals surface area contributed by atoms with Crippen LogP contribution in [-0.2, 0) is 5.54 Å². The lowest BCUT2D eigenvalue weighted by Crippen LogP contribution is -2.38. The molecule has 152 valence electrons. The minimum Gasteiger partial charge on any atom is -0.399 e. The maximum absolute atomic E-state index is 6.89. The Hall–Kier alpha value is -3.90. The van der Waals surface area contributed by atoms with Gasteiger partial charge in [0.2, 0.25) is 0 Å². The molecular formula is C24H26N6. The van der Waals surface area contributed by atoms with Gasteiger partial charge in [-0.05, 0) is 78.4 Å². The number of nitrogen functional groups attached to an aromatic ring is 3. The fraction of sp³-hybridized carbons (Fsp3) is 0.0833. The van der Waals surface area contributed by atoms with Gasteiger partial charge in [0.25, 0.3) is 0 Å². The number of nitrogens with one attached hydrogen (secondary N) is 2. The van der Waals surface area contributed by atoms with E-state index in [2.05, 4.69) is 16.7 Å². The van der Waals surface area contributed by atoms with Crippen molar-refractivity contribution in [3.8, 4) is 0 Å². The second-order valence-electron chi connectivity index (χ2n) is 7.60. The summed E-state index contributed by atoms with van der Waals surface area (Å²) in [5.41, 5.74) is 30.6. The zero-order valence-electron chi connectivity index (χ0n) is 16.6. The third-order valence-electron chi connectivity index (χ3n) is 5.09. The molecule has 1 aliphatic rings. The molecule has 6 heteroatoms. The topological polar surface area (TPSA) is 128 Å². The van der Waals surface area contributed by atoms with Crippen LogP contribution in [0.15, 0.2) is 96.3 Å². The van der Waals surface area contributed by atoms with E-state index < -0.39 is 5.54 Å². The van der Waals surface area contributed by atoms with Crippen molar-refractivity contribution in [1.29, 1.82) is 0 Å². The van der Waals surface area contributed by atoms with Crippen molar-refractivity contribution < 1.29 is 0 Å². The molecule has 3 aromatic carbocycles. The highest BCUT2D eigenvalue weighted by atomic mass is 14.9. The first-order valence-electron chi connectivity index (χ1n) is 9.73. The number of nitrogens with two attached hydrogens (primary N) is 4. The Morgan fingerprint density at radius 1 is 0.633 bits per heavy atom. The predicted molar refractivity (Wildman–Crippen MR) is 126 cm³/mol. The van der Waals surface area contributed by atoms with Crippen LogP contribution in [0.2, 0.25) is 0 Å². The highest BCUT2D eigenvalue weighted by Gasteiger charge is 2.30. The summed E-state index contributed by atoms with van der Waals surface area (Å²) in [6.45, 7) is 0. The Kier molecular flexibility index (Phi) is 5.08. The summed E-state index contributed by atoms with van der Waals surface area (Å²) >= 11 is 0. The van der Waals surface area contributed by atoms with E-state index >= 15 is 0 Å². The first-order chi connectivity index (χ1) is 14.4. The van der Waals surface area contributed by atoms with E-state index in [4.69, 9.17) is 22.9 Å². The molecule has 0 heterocycles. The van der Waals surface area contributed by atoms with E-state index in [1.165, 1.54) is 0 Å². The molecule has 1 aliphatic carbocycles. The van der Waals surface area contributed by atoms with E-state index in [1.54, 1.807) is 0 Å². The number of hydrogen-bond donors (Lipinski definition) is 6. The van der Waals surface area contributed by atoms with Crippen LogP contribution in [0.3, 0.4) is 0 Å². The van der Waals surface area contributed by atoms with Crippen molar-refractivity contribution >= 4 is 28.4 Å². The number of rotatable bonds is 5. The fourth-order valence-electron chi connectivity index (χ4n) is 3.54. The van der Waals surface area contributed by atoms with Gasteiger partial charge in [-0.25, -0.2) is 0 Å². The smallest absolute Gasteiger partial charge is 0.0673 e. The first kappa shape index (κ1) is 19.4.